The summed E-state index contributed by atoms with van der Waals surface area (Å²) in [6.45, 7) is 3.93. The molecule has 2 aromatic rings. The molecule has 4 nitrogen and oxygen atoms in total. The summed E-state index contributed by atoms with van der Waals surface area (Å²) in [6.07, 6.45) is 0.114. The molecule has 84 valence electrons. The lowest BCUT2D eigenvalue weighted by Gasteiger charge is -2.08. The van der Waals surface area contributed by atoms with E-state index in [2.05, 4.69) is 9.97 Å². The van der Waals surface area contributed by atoms with Crippen LogP contribution < -0.4 is 10.5 Å². The second-order valence-corrected chi connectivity index (χ2v) is 4.49. The summed E-state index contributed by atoms with van der Waals surface area (Å²) in [5.41, 5.74) is 7.16. The van der Waals surface area contributed by atoms with Gasteiger partial charge in [-0.25, -0.2) is 9.97 Å². The molecule has 0 spiro atoms. The second-order valence-electron chi connectivity index (χ2n) is 3.60. The minimum Gasteiger partial charge on any atom is -0.475 e. The molecule has 0 bridgehead atoms. The van der Waals surface area contributed by atoms with Gasteiger partial charge in [0.05, 0.1) is 11.8 Å². The Bertz CT molecular complexity index is 482. The van der Waals surface area contributed by atoms with Crippen molar-refractivity contribution in [2.45, 2.75) is 20.0 Å². The third-order valence-electron chi connectivity index (χ3n) is 1.86. The molecule has 16 heavy (non-hydrogen) atoms. The lowest BCUT2D eigenvalue weighted by Crippen LogP contribution is -2.06. The van der Waals surface area contributed by atoms with Crippen LogP contribution in [-0.2, 0) is 0 Å². The molecule has 0 aliphatic rings. The summed E-state index contributed by atoms with van der Waals surface area (Å²) in [5, 5.41) is 2.43. The summed E-state index contributed by atoms with van der Waals surface area (Å²) in [4.78, 5) is 8.54. The highest BCUT2D eigenvalue weighted by Crippen LogP contribution is 2.23. The maximum Gasteiger partial charge on any atom is 0.214 e. The highest BCUT2D eigenvalue weighted by molar-refractivity contribution is 7.13. The largest absolute Gasteiger partial charge is 0.475 e. The summed E-state index contributed by atoms with van der Waals surface area (Å²) < 4.78 is 5.52. The molecule has 0 radical (unpaired) electrons. The van der Waals surface area contributed by atoms with Gasteiger partial charge in [0.1, 0.15) is 5.69 Å². The summed E-state index contributed by atoms with van der Waals surface area (Å²) in [5.74, 6) is 0.610. The van der Waals surface area contributed by atoms with Gasteiger partial charge in [-0.1, -0.05) is 6.07 Å². The number of nitrogens with two attached hydrogens (primary N) is 1. The molecule has 0 fully saturated rings. The van der Waals surface area contributed by atoms with E-state index < -0.39 is 0 Å². The van der Waals surface area contributed by atoms with Gasteiger partial charge < -0.3 is 10.5 Å². The Morgan fingerprint density at radius 2 is 2.06 bits per heavy atom. The Hall–Kier alpha value is -1.62. The van der Waals surface area contributed by atoms with E-state index in [0.29, 0.717) is 11.0 Å². The van der Waals surface area contributed by atoms with E-state index in [1.807, 2.05) is 37.4 Å². The molecule has 0 aliphatic carbocycles. The van der Waals surface area contributed by atoms with E-state index in [1.165, 1.54) is 11.3 Å². The fourth-order valence-corrected chi connectivity index (χ4v) is 1.83. The molecular formula is C11H13N3OS. The first-order chi connectivity index (χ1) is 7.65. The first-order valence-corrected chi connectivity index (χ1v) is 5.88. The van der Waals surface area contributed by atoms with Crippen LogP contribution in [-0.4, -0.2) is 16.1 Å². The number of thiazole rings is 1. The minimum absolute atomic E-state index is 0.114. The maximum atomic E-state index is 5.58. The zero-order chi connectivity index (χ0) is 11.5. The van der Waals surface area contributed by atoms with Gasteiger partial charge in [-0.3, -0.25) is 0 Å². The lowest BCUT2D eigenvalue weighted by atomic mass is 10.3. The summed E-state index contributed by atoms with van der Waals surface area (Å²) in [7, 11) is 0. The Morgan fingerprint density at radius 1 is 1.25 bits per heavy atom. The first-order valence-electron chi connectivity index (χ1n) is 5.00. The SMILES string of the molecule is CC(C)Oc1cccc(-c2csc(N)n2)n1. The number of nitrogens with zero attached hydrogens (tertiary/aromatic N) is 2. The zero-order valence-corrected chi connectivity index (χ0v) is 9.99. The number of ether oxygens (including phenoxy) is 1. The number of hydrogen-bond donors (Lipinski definition) is 1. The average Bonchev–Trinajstić information content (AvgIpc) is 2.64. The normalized spacial score (nSPS) is 10.7. The van der Waals surface area contributed by atoms with Crippen LogP contribution in [0, 0.1) is 0 Å². The first kappa shape index (κ1) is 10.9. The van der Waals surface area contributed by atoms with Gasteiger partial charge in [-0.15, -0.1) is 11.3 Å². The molecule has 2 rings (SSSR count). The van der Waals surface area contributed by atoms with Crippen LogP contribution in [0.4, 0.5) is 5.13 Å². The second kappa shape index (κ2) is 4.49. The van der Waals surface area contributed by atoms with Crippen LogP contribution in [0.3, 0.4) is 0 Å². The van der Waals surface area contributed by atoms with Crippen LogP contribution in [0.2, 0.25) is 0 Å². The van der Waals surface area contributed by atoms with E-state index in [9.17, 15) is 0 Å². The molecule has 2 heterocycles. The van der Waals surface area contributed by atoms with E-state index in [4.69, 9.17) is 10.5 Å². The quantitative estimate of drug-likeness (QED) is 0.888. The highest BCUT2D eigenvalue weighted by atomic mass is 32.1. The predicted molar refractivity (Wildman–Crippen MR) is 65.5 cm³/mol. The van der Waals surface area contributed by atoms with Crippen molar-refractivity contribution in [1.29, 1.82) is 0 Å². The molecule has 2 aromatic heterocycles. The van der Waals surface area contributed by atoms with E-state index in [0.717, 1.165) is 11.4 Å². The fraction of sp³-hybridized carbons (Fsp3) is 0.273. The van der Waals surface area contributed by atoms with Gasteiger partial charge in [-0.05, 0) is 19.9 Å². The van der Waals surface area contributed by atoms with Crippen LogP contribution in [0.25, 0.3) is 11.4 Å². The van der Waals surface area contributed by atoms with Crippen LogP contribution >= 0.6 is 11.3 Å². The molecule has 0 atom stereocenters. The molecule has 0 saturated heterocycles. The van der Waals surface area contributed by atoms with Crippen molar-refractivity contribution in [3.05, 3.63) is 23.6 Å². The zero-order valence-electron chi connectivity index (χ0n) is 9.18. The highest BCUT2D eigenvalue weighted by Gasteiger charge is 2.06. The van der Waals surface area contributed by atoms with E-state index in [1.54, 1.807) is 0 Å². The predicted octanol–water partition coefficient (Wildman–Crippen LogP) is 2.57. The van der Waals surface area contributed by atoms with Gasteiger partial charge in [0, 0.05) is 11.4 Å². The Morgan fingerprint density at radius 3 is 2.69 bits per heavy atom. The average molecular weight is 235 g/mol. The third-order valence-corrected chi connectivity index (χ3v) is 2.54. The molecular weight excluding hydrogens is 222 g/mol. The van der Waals surface area contributed by atoms with E-state index in [-0.39, 0.29) is 6.10 Å². The Labute approximate surface area is 98.1 Å². The topological polar surface area (TPSA) is 61.0 Å². The van der Waals surface area contributed by atoms with Gasteiger partial charge in [0.15, 0.2) is 5.13 Å². The number of nitrogen functional groups attached to an aromatic ring is 1. The van der Waals surface area contributed by atoms with Crippen LogP contribution in [0.15, 0.2) is 23.6 Å². The molecule has 2 N–H and O–H groups in total. The van der Waals surface area contributed by atoms with Crippen molar-refractivity contribution in [2.24, 2.45) is 0 Å². The molecule has 5 heteroatoms. The lowest BCUT2D eigenvalue weighted by molar-refractivity contribution is 0.233. The summed E-state index contributed by atoms with van der Waals surface area (Å²) >= 11 is 1.40. The number of rotatable bonds is 3. The van der Waals surface area contributed by atoms with Crippen LogP contribution in [0.5, 0.6) is 5.88 Å². The smallest absolute Gasteiger partial charge is 0.214 e. The maximum absolute atomic E-state index is 5.58. The van der Waals surface area contributed by atoms with Gasteiger partial charge in [0.25, 0.3) is 0 Å². The third kappa shape index (κ3) is 2.49. The molecule has 0 unspecified atom stereocenters. The van der Waals surface area contributed by atoms with Crippen molar-refractivity contribution in [3.63, 3.8) is 0 Å². The standard InChI is InChI=1S/C11H13N3OS/c1-7(2)15-10-5-3-4-8(13-10)9-6-16-11(12)14-9/h3-7H,1-2H3,(H2,12,14). The molecule has 0 amide bonds. The minimum atomic E-state index is 0.114. The van der Waals surface area contributed by atoms with Crippen molar-refractivity contribution in [1.82, 2.24) is 9.97 Å². The number of anilines is 1. The fourth-order valence-electron chi connectivity index (χ4n) is 1.27. The summed E-state index contributed by atoms with van der Waals surface area (Å²) in [6, 6.07) is 5.62. The van der Waals surface area contributed by atoms with Crippen molar-refractivity contribution in [3.8, 4) is 17.3 Å². The molecule has 0 aliphatic heterocycles. The monoisotopic (exact) mass is 235 g/mol. The van der Waals surface area contributed by atoms with Crippen LogP contribution in [0.1, 0.15) is 13.8 Å². The Kier molecular flexibility index (Phi) is 3.05. The Balaban J connectivity index is 2.28. The number of aromatic nitrogens is 2. The van der Waals surface area contributed by atoms with Crippen molar-refractivity contribution < 1.29 is 4.74 Å². The van der Waals surface area contributed by atoms with Gasteiger partial charge >= 0.3 is 0 Å². The number of hydrogen-bond acceptors (Lipinski definition) is 5. The van der Waals surface area contributed by atoms with Crippen molar-refractivity contribution >= 4 is 16.5 Å². The molecule has 0 aromatic carbocycles. The number of pyridine rings is 1. The van der Waals surface area contributed by atoms with Gasteiger partial charge in [-0.2, -0.15) is 0 Å². The van der Waals surface area contributed by atoms with Crippen molar-refractivity contribution in [2.75, 3.05) is 5.73 Å². The van der Waals surface area contributed by atoms with E-state index >= 15 is 0 Å². The molecule has 0 saturated carbocycles. The van der Waals surface area contributed by atoms with Gasteiger partial charge in [0.2, 0.25) is 5.88 Å².